The lowest BCUT2D eigenvalue weighted by Crippen LogP contribution is -2.50. The van der Waals surface area contributed by atoms with Crippen LogP contribution >= 0.6 is 15.9 Å². The molecular formula is C17H23BrN2O5S. The zero-order valence-corrected chi connectivity index (χ0v) is 17.3. The number of carbonyl (C=O) groups excluding carboxylic acids is 1. The topological polar surface area (TPSA) is 85.8 Å². The number of carbonyl (C=O) groups is 1. The van der Waals surface area contributed by atoms with Crippen molar-refractivity contribution in [2.45, 2.75) is 37.0 Å². The monoisotopic (exact) mass is 446 g/mol. The first-order valence-electron chi connectivity index (χ1n) is 8.64. The number of anilines is 1. The predicted molar refractivity (Wildman–Crippen MR) is 101 cm³/mol. The molecule has 0 saturated carbocycles. The molecule has 2 saturated heterocycles. The summed E-state index contributed by atoms with van der Waals surface area (Å²) < 4.78 is 35.6. The molecule has 2 aliphatic rings. The fraction of sp³-hybridized carbons (Fsp3) is 0.647. The summed E-state index contributed by atoms with van der Waals surface area (Å²) in [5, 5.41) is 0. The summed E-state index contributed by atoms with van der Waals surface area (Å²) in [6.07, 6.45) is 2.76. The molecule has 1 aromatic rings. The Morgan fingerprint density at radius 2 is 2.00 bits per heavy atom. The molecule has 0 bridgehead atoms. The maximum absolute atomic E-state index is 12.7. The molecule has 0 unspecified atom stereocenters. The number of morpholine rings is 1. The molecule has 1 atom stereocenters. The van der Waals surface area contributed by atoms with Crippen molar-refractivity contribution in [1.29, 1.82) is 0 Å². The van der Waals surface area contributed by atoms with E-state index in [4.69, 9.17) is 9.47 Å². The molecule has 0 aromatic carbocycles. The maximum atomic E-state index is 12.7. The van der Waals surface area contributed by atoms with Crippen LogP contribution in [0.15, 0.2) is 16.7 Å². The minimum absolute atomic E-state index is 0.00505. The summed E-state index contributed by atoms with van der Waals surface area (Å²) in [7, 11) is -3.39. The molecule has 0 aliphatic carbocycles. The molecule has 2 aliphatic heterocycles. The highest BCUT2D eigenvalue weighted by Crippen LogP contribution is 2.41. The van der Waals surface area contributed by atoms with Crippen molar-refractivity contribution in [3.05, 3.63) is 22.3 Å². The van der Waals surface area contributed by atoms with Crippen molar-refractivity contribution in [2.24, 2.45) is 0 Å². The van der Waals surface area contributed by atoms with Crippen molar-refractivity contribution < 1.29 is 22.7 Å². The number of sulfone groups is 1. The van der Waals surface area contributed by atoms with Crippen LogP contribution in [0.4, 0.5) is 5.82 Å². The highest BCUT2D eigenvalue weighted by molar-refractivity contribution is 9.10. The van der Waals surface area contributed by atoms with Crippen LogP contribution in [0.1, 0.15) is 31.7 Å². The number of aromatic nitrogens is 1. The van der Waals surface area contributed by atoms with Crippen LogP contribution in [0.2, 0.25) is 0 Å². The molecule has 7 nitrogen and oxygen atoms in total. The van der Waals surface area contributed by atoms with E-state index < -0.39 is 14.6 Å². The van der Waals surface area contributed by atoms with Gasteiger partial charge in [-0.05, 0) is 52.9 Å². The van der Waals surface area contributed by atoms with Gasteiger partial charge in [-0.25, -0.2) is 13.4 Å². The average molecular weight is 447 g/mol. The zero-order chi connectivity index (χ0) is 18.9. The van der Waals surface area contributed by atoms with Gasteiger partial charge in [-0.15, -0.1) is 0 Å². The van der Waals surface area contributed by atoms with Crippen molar-refractivity contribution in [2.75, 3.05) is 37.6 Å². The molecule has 9 heteroatoms. The first-order chi connectivity index (χ1) is 12.3. The number of hydrogen-bond acceptors (Lipinski definition) is 6. The van der Waals surface area contributed by atoms with Gasteiger partial charge in [0.1, 0.15) is 21.8 Å². The van der Waals surface area contributed by atoms with Crippen molar-refractivity contribution in [3.8, 4) is 0 Å². The van der Waals surface area contributed by atoms with Crippen LogP contribution in [0, 0.1) is 0 Å². The van der Waals surface area contributed by atoms with Gasteiger partial charge >= 0.3 is 0 Å². The normalized spacial score (nSPS) is 23.9. The van der Waals surface area contributed by atoms with Crippen molar-refractivity contribution in [1.82, 2.24) is 4.98 Å². The third-order valence-electron chi connectivity index (χ3n) is 5.20. The summed E-state index contributed by atoms with van der Waals surface area (Å²) in [6, 6.07) is 3.36. The van der Waals surface area contributed by atoms with E-state index in [1.165, 1.54) is 6.26 Å². The summed E-state index contributed by atoms with van der Waals surface area (Å²) in [5.74, 6) is 0.295. The van der Waals surface area contributed by atoms with E-state index in [9.17, 15) is 13.2 Å². The van der Waals surface area contributed by atoms with Crippen LogP contribution < -0.4 is 4.90 Å². The van der Waals surface area contributed by atoms with Crippen LogP contribution in [-0.2, 0) is 28.9 Å². The summed E-state index contributed by atoms with van der Waals surface area (Å²) >= 11 is 3.39. The first-order valence-corrected chi connectivity index (χ1v) is 11.3. The Morgan fingerprint density at radius 3 is 2.62 bits per heavy atom. The van der Waals surface area contributed by atoms with E-state index in [-0.39, 0.29) is 18.6 Å². The fourth-order valence-electron chi connectivity index (χ4n) is 3.69. The number of amides is 1. The van der Waals surface area contributed by atoms with Gasteiger partial charge in [0.2, 0.25) is 0 Å². The highest BCUT2D eigenvalue weighted by Gasteiger charge is 2.45. The lowest BCUT2D eigenvalue weighted by Gasteiger charge is -2.38. The van der Waals surface area contributed by atoms with E-state index in [1.807, 2.05) is 6.92 Å². The van der Waals surface area contributed by atoms with Crippen molar-refractivity contribution >= 4 is 37.5 Å². The number of nitrogens with zero attached hydrogens (tertiary/aromatic N) is 2. The first kappa shape index (κ1) is 19.7. The highest BCUT2D eigenvalue weighted by atomic mass is 79.9. The van der Waals surface area contributed by atoms with E-state index in [0.717, 1.165) is 6.42 Å². The maximum Gasteiger partial charge on any atom is 0.254 e. The summed E-state index contributed by atoms with van der Waals surface area (Å²) in [5.41, 5.74) is 0.648. The minimum Gasteiger partial charge on any atom is -0.381 e. The number of ether oxygens (including phenoxy) is 2. The van der Waals surface area contributed by atoms with Crippen LogP contribution in [0.3, 0.4) is 0 Å². The van der Waals surface area contributed by atoms with Gasteiger partial charge in [0.25, 0.3) is 5.91 Å². The molecule has 1 amide bonds. The van der Waals surface area contributed by atoms with Gasteiger partial charge in [0, 0.05) is 19.5 Å². The number of hydrogen-bond donors (Lipinski definition) is 0. The smallest absolute Gasteiger partial charge is 0.254 e. The van der Waals surface area contributed by atoms with Crippen LogP contribution in [0.25, 0.3) is 0 Å². The SMILES string of the molecule is CC[C@H]1COCC(=O)N1c1cc(C2(S(C)(=O)=O)CCOCC2)cc(Br)n1. The van der Waals surface area contributed by atoms with Gasteiger partial charge in [-0.1, -0.05) is 6.92 Å². The lowest BCUT2D eigenvalue weighted by atomic mass is 9.91. The van der Waals surface area contributed by atoms with Gasteiger partial charge in [0.15, 0.2) is 9.84 Å². The Kier molecular flexibility index (Phi) is 5.72. The number of pyridine rings is 1. The Balaban J connectivity index is 2.11. The van der Waals surface area contributed by atoms with Gasteiger partial charge in [-0.2, -0.15) is 0 Å². The van der Waals surface area contributed by atoms with E-state index in [2.05, 4.69) is 20.9 Å². The Hall–Kier alpha value is -1.03. The van der Waals surface area contributed by atoms with Crippen LogP contribution in [0.5, 0.6) is 0 Å². The molecular weight excluding hydrogens is 424 g/mol. The Morgan fingerprint density at radius 1 is 1.31 bits per heavy atom. The van der Waals surface area contributed by atoms with Gasteiger partial charge in [0.05, 0.1) is 12.6 Å². The second-order valence-electron chi connectivity index (χ2n) is 6.76. The molecule has 144 valence electrons. The van der Waals surface area contributed by atoms with Gasteiger partial charge < -0.3 is 9.47 Å². The second kappa shape index (κ2) is 7.53. The molecule has 1 aromatic heterocycles. The summed E-state index contributed by atoms with van der Waals surface area (Å²) in [6.45, 7) is 3.20. The lowest BCUT2D eigenvalue weighted by molar-refractivity contribution is -0.127. The molecule has 26 heavy (non-hydrogen) atoms. The third kappa shape index (κ3) is 3.54. The van der Waals surface area contributed by atoms with E-state index >= 15 is 0 Å². The fourth-order valence-corrected chi connectivity index (χ4v) is 5.57. The molecule has 3 rings (SSSR count). The average Bonchev–Trinajstić information content (AvgIpc) is 2.60. The second-order valence-corrected chi connectivity index (χ2v) is 9.89. The summed E-state index contributed by atoms with van der Waals surface area (Å²) in [4.78, 5) is 18.5. The molecule has 0 N–H and O–H groups in total. The predicted octanol–water partition coefficient (Wildman–Crippen LogP) is 2.04. The van der Waals surface area contributed by atoms with E-state index in [0.29, 0.717) is 48.6 Å². The largest absolute Gasteiger partial charge is 0.381 e. The standard InChI is InChI=1S/C17H23BrN2O5S/c1-3-13-10-25-11-16(21)20(13)15-9-12(8-14(18)19-15)17(26(2,22)23)4-6-24-7-5-17/h8-9,13H,3-7,10-11H2,1-2H3/t13-/m0/s1. The minimum atomic E-state index is -3.39. The molecule has 3 heterocycles. The van der Waals surface area contributed by atoms with Crippen molar-refractivity contribution in [3.63, 3.8) is 0 Å². The quantitative estimate of drug-likeness (QED) is 0.657. The van der Waals surface area contributed by atoms with Gasteiger partial charge in [-0.3, -0.25) is 9.69 Å². The number of halogens is 1. The molecule has 2 fully saturated rings. The molecule has 0 radical (unpaired) electrons. The Labute approximate surface area is 162 Å². The zero-order valence-electron chi connectivity index (χ0n) is 14.9. The van der Waals surface area contributed by atoms with E-state index in [1.54, 1.807) is 17.0 Å². The number of rotatable bonds is 4. The Bertz CT molecular complexity index is 792. The molecule has 0 spiro atoms. The van der Waals surface area contributed by atoms with Crippen LogP contribution in [-0.4, -0.2) is 58.0 Å². The third-order valence-corrected chi connectivity index (χ3v) is 7.67.